The van der Waals surface area contributed by atoms with Gasteiger partial charge in [0.2, 0.25) is 0 Å². The fourth-order valence-corrected chi connectivity index (χ4v) is 6.15. The second kappa shape index (κ2) is 9.01. The predicted molar refractivity (Wildman–Crippen MR) is 165 cm³/mol. The first-order chi connectivity index (χ1) is 18.7. The van der Waals surface area contributed by atoms with Crippen molar-refractivity contribution in [3.05, 3.63) is 145 Å². The molecule has 0 heteroatoms. The van der Waals surface area contributed by atoms with E-state index in [4.69, 9.17) is 0 Å². The van der Waals surface area contributed by atoms with Gasteiger partial charge in [-0.2, -0.15) is 0 Å². The lowest BCUT2D eigenvalue weighted by molar-refractivity contribution is 1.39. The highest BCUT2D eigenvalue weighted by atomic mass is 14.2. The molecule has 0 aliphatic carbocycles. The molecule has 0 nitrogen and oxygen atoms in total. The number of rotatable bonds is 3. The van der Waals surface area contributed by atoms with Crippen LogP contribution in [0, 0.1) is 13.8 Å². The van der Waals surface area contributed by atoms with Gasteiger partial charge in [0.25, 0.3) is 0 Å². The average molecular weight is 485 g/mol. The zero-order valence-corrected chi connectivity index (χ0v) is 21.7. The van der Waals surface area contributed by atoms with Gasteiger partial charge in [0.1, 0.15) is 0 Å². The van der Waals surface area contributed by atoms with E-state index >= 15 is 0 Å². The van der Waals surface area contributed by atoms with Gasteiger partial charge in [-0.15, -0.1) is 0 Å². The van der Waals surface area contributed by atoms with Gasteiger partial charge < -0.3 is 0 Å². The molecule has 0 aromatic heterocycles. The minimum absolute atomic E-state index is 1.24. The largest absolute Gasteiger partial charge is 0.0622 e. The number of hydrogen-bond donors (Lipinski definition) is 0. The Hall–Kier alpha value is -4.68. The lowest BCUT2D eigenvalue weighted by atomic mass is 9.84. The van der Waals surface area contributed by atoms with Crippen LogP contribution in [0.3, 0.4) is 0 Å². The summed E-state index contributed by atoms with van der Waals surface area (Å²) in [7, 11) is 0. The van der Waals surface area contributed by atoms with Gasteiger partial charge in [0.15, 0.2) is 0 Å². The molecule has 0 atom stereocenters. The van der Waals surface area contributed by atoms with Crippen molar-refractivity contribution in [1.29, 1.82) is 0 Å². The van der Waals surface area contributed by atoms with Crippen molar-refractivity contribution in [3.8, 4) is 33.4 Å². The summed E-state index contributed by atoms with van der Waals surface area (Å²) in [6.07, 6.45) is 0. The van der Waals surface area contributed by atoms with Crippen LogP contribution in [0.15, 0.2) is 133 Å². The summed E-state index contributed by atoms with van der Waals surface area (Å²) in [5, 5.41) is 7.71. The maximum atomic E-state index is 2.36. The molecule has 0 fully saturated rings. The third-order valence-corrected chi connectivity index (χ3v) is 7.70. The fourth-order valence-electron chi connectivity index (χ4n) is 6.15. The van der Waals surface area contributed by atoms with E-state index in [1.54, 1.807) is 0 Å². The Morgan fingerprint density at radius 2 is 0.921 bits per heavy atom. The first-order valence-corrected chi connectivity index (χ1v) is 13.3. The summed E-state index contributed by atoms with van der Waals surface area (Å²) in [6.45, 7) is 4.38. The highest BCUT2D eigenvalue weighted by Crippen LogP contribution is 2.45. The average Bonchev–Trinajstić information content (AvgIpc) is 2.95. The molecule has 7 aromatic carbocycles. The maximum Gasteiger partial charge on any atom is -0.00201 e. The summed E-state index contributed by atoms with van der Waals surface area (Å²) in [5.41, 5.74) is 10.2. The quantitative estimate of drug-likeness (QED) is 0.219. The van der Waals surface area contributed by atoms with E-state index in [-0.39, 0.29) is 0 Å². The Morgan fingerprint density at radius 1 is 0.342 bits per heavy atom. The molecule has 7 aromatic rings. The van der Waals surface area contributed by atoms with E-state index in [0.29, 0.717) is 0 Å². The molecule has 0 saturated carbocycles. The lowest BCUT2D eigenvalue weighted by Gasteiger charge is -2.19. The molecule has 0 radical (unpaired) electrons. The first-order valence-electron chi connectivity index (χ1n) is 13.3. The highest BCUT2D eigenvalue weighted by Gasteiger charge is 2.18. The SMILES string of the molecule is Cc1cc(C)cc(-c2c3ccccc3c(-c3cccc4ccc(-c5ccccc5)cc34)c3ccccc23)c1. The van der Waals surface area contributed by atoms with Crippen molar-refractivity contribution in [2.24, 2.45) is 0 Å². The summed E-state index contributed by atoms with van der Waals surface area (Å²) < 4.78 is 0. The molecular formula is C38H28. The molecule has 0 N–H and O–H groups in total. The second-order valence-corrected chi connectivity index (χ2v) is 10.3. The highest BCUT2D eigenvalue weighted by molar-refractivity contribution is 6.23. The molecule has 0 spiro atoms. The first kappa shape index (κ1) is 22.5. The van der Waals surface area contributed by atoms with Gasteiger partial charge in [-0.3, -0.25) is 0 Å². The van der Waals surface area contributed by atoms with Crippen molar-refractivity contribution >= 4 is 32.3 Å². The van der Waals surface area contributed by atoms with Crippen LogP contribution >= 0.6 is 0 Å². The van der Waals surface area contributed by atoms with E-state index in [1.165, 1.54) is 76.8 Å². The number of aryl methyl sites for hydroxylation is 2. The Morgan fingerprint density at radius 3 is 1.55 bits per heavy atom. The number of fused-ring (bicyclic) bond motifs is 3. The standard InChI is InChI=1S/C38H28/c1-25-21-26(2)23-30(22-25)37-31-14-6-8-16-33(31)38(34-17-9-7-15-32(34)37)35-18-10-13-28-19-20-29(24-36(28)35)27-11-4-3-5-12-27/h3-24H,1-2H3. The van der Waals surface area contributed by atoms with E-state index in [1.807, 2.05) is 0 Å². The molecule has 0 heterocycles. The second-order valence-electron chi connectivity index (χ2n) is 10.3. The molecule has 0 saturated heterocycles. The molecule has 0 unspecified atom stereocenters. The number of hydrogen-bond acceptors (Lipinski definition) is 0. The summed E-state index contributed by atoms with van der Waals surface area (Å²) >= 11 is 0. The smallest absolute Gasteiger partial charge is 0.00201 e. The molecule has 0 bridgehead atoms. The minimum Gasteiger partial charge on any atom is -0.0622 e. The van der Waals surface area contributed by atoms with E-state index < -0.39 is 0 Å². The third-order valence-electron chi connectivity index (χ3n) is 7.70. The molecule has 7 rings (SSSR count). The number of benzene rings is 7. The van der Waals surface area contributed by atoms with Crippen LogP contribution < -0.4 is 0 Å². The zero-order chi connectivity index (χ0) is 25.6. The molecule has 0 amide bonds. The molecule has 0 aliphatic rings. The predicted octanol–water partition coefficient (Wildman–Crippen LogP) is 10.8. The summed E-state index contributed by atoms with van der Waals surface area (Å²) in [4.78, 5) is 0. The van der Waals surface area contributed by atoms with Crippen molar-refractivity contribution < 1.29 is 0 Å². The van der Waals surface area contributed by atoms with Gasteiger partial charge in [-0.25, -0.2) is 0 Å². The van der Waals surface area contributed by atoms with E-state index in [0.717, 1.165) is 0 Å². The summed E-state index contributed by atoms with van der Waals surface area (Å²) in [6, 6.07) is 49.0. The van der Waals surface area contributed by atoms with Crippen LogP contribution in [0.1, 0.15) is 11.1 Å². The van der Waals surface area contributed by atoms with Gasteiger partial charge in [0, 0.05) is 0 Å². The van der Waals surface area contributed by atoms with Crippen molar-refractivity contribution in [1.82, 2.24) is 0 Å². The van der Waals surface area contributed by atoms with E-state index in [2.05, 4.69) is 147 Å². The Bertz CT molecular complexity index is 1900. The minimum atomic E-state index is 1.24. The van der Waals surface area contributed by atoms with Crippen LogP contribution in [0.5, 0.6) is 0 Å². The Balaban J connectivity index is 1.61. The Labute approximate surface area is 223 Å². The van der Waals surface area contributed by atoms with Crippen molar-refractivity contribution in [3.63, 3.8) is 0 Å². The maximum absolute atomic E-state index is 2.36. The van der Waals surface area contributed by atoms with Gasteiger partial charge in [-0.1, -0.05) is 139 Å². The van der Waals surface area contributed by atoms with Gasteiger partial charge in [0.05, 0.1) is 0 Å². The van der Waals surface area contributed by atoms with Crippen molar-refractivity contribution in [2.75, 3.05) is 0 Å². The van der Waals surface area contributed by atoms with Gasteiger partial charge >= 0.3 is 0 Å². The summed E-state index contributed by atoms with van der Waals surface area (Å²) in [5.74, 6) is 0. The fraction of sp³-hybridized carbons (Fsp3) is 0.0526. The molecule has 0 aliphatic heterocycles. The van der Waals surface area contributed by atoms with Crippen molar-refractivity contribution in [2.45, 2.75) is 13.8 Å². The topological polar surface area (TPSA) is 0 Å². The Kier molecular flexibility index (Phi) is 5.34. The van der Waals surface area contributed by atoms with Gasteiger partial charge in [-0.05, 0) is 85.6 Å². The zero-order valence-electron chi connectivity index (χ0n) is 21.7. The third kappa shape index (κ3) is 3.69. The van der Waals surface area contributed by atoms with Crippen LogP contribution in [0.25, 0.3) is 65.7 Å². The van der Waals surface area contributed by atoms with Crippen LogP contribution in [-0.2, 0) is 0 Å². The normalized spacial score (nSPS) is 11.4. The molecule has 38 heavy (non-hydrogen) atoms. The van der Waals surface area contributed by atoms with E-state index in [9.17, 15) is 0 Å². The lowest BCUT2D eigenvalue weighted by Crippen LogP contribution is -1.92. The molecular weight excluding hydrogens is 456 g/mol. The van der Waals surface area contributed by atoms with Crippen LogP contribution in [-0.4, -0.2) is 0 Å². The van der Waals surface area contributed by atoms with Crippen LogP contribution in [0.2, 0.25) is 0 Å². The molecule has 180 valence electrons. The monoisotopic (exact) mass is 484 g/mol. The van der Waals surface area contributed by atoms with Crippen LogP contribution in [0.4, 0.5) is 0 Å².